The highest BCUT2D eigenvalue weighted by Crippen LogP contribution is 2.14. The van der Waals surface area contributed by atoms with E-state index in [0.717, 1.165) is 37.6 Å². The number of anilines is 2. The molecule has 1 amide bonds. The van der Waals surface area contributed by atoms with Gasteiger partial charge in [-0.2, -0.15) is 0 Å². The first-order valence-electron chi connectivity index (χ1n) is 6.26. The quantitative estimate of drug-likeness (QED) is 0.720. The zero-order chi connectivity index (χ0) is 13.4. The fraction of sp³-hybridized carbons (Fsp3) is 0.583. The van der Waals surface area contributed by atoms with Crippen molar-refractivity contribution in [1.82, 2.24) is 9.97 Å². The van der Waals surface area contributed by atoms with Gasteiger partial charge in [0.2, 0.25) is 5.91 Å². The summed E-state index contributed by atoms with van der Waals surface area (Å²) in [7, 11) is 0. The molecular weight excluding hydrogens is 230 g/mol. The topological polar surface area (TPSA) is 84.1 Å². The number of amides is 1. The van der Waals surface area contributed by atoms with Crippen molar-refractivity contribution in [3.8, 4) is 0 Å². The predicted octanol–water partition coefficient (Wildman–Crippen LogP) is 1.00. The highest BCUT2D eigenvalue weighted by molar-refractivity contribution is 5.79. The number of aromatic nitrogens is 2. The van der Waals surface area contributed by atoms with Crippen molar-refractivity contribution < 1.29 is 4.79 Å². The Labute approximate surface area is 108 Å². The van der Waals surface area contributed by atoms with Gasteiger partial charge in [-0.05, 0) is 13.3 Å². The van der Waals surface area contributed by atoms with Crippen LogP contribution in [0.15, 0.2) is 12.4 Å². The second kappa shape index (κ2) is 7.47. The van der Waals surface area contributed by atoms with E-state index in [9.17, 15) is 4.79 Å². The van der Waals surface area contributed by atoms with Gasteiger partial charge in [-0.25, -0.2) is 9.97 Å². The van der Waals surface area contributed by atoms with Crippen molar-refractivity contribution >= 4 is 17.5 Å². The Bertz CT molecular complexity index is 382. The van der Waals surface area contributed by atoms with Crippen LogP contribution in [0.2, 0.25) is 0 Å². The van der Waals surface area contributed by atoms with Gasteiger partial charge in [0.05, 0.1) is 6.54 Å². The average molecular weight is 251 g/mol. The maximum Gasteiger partial charge on any atom is 0.236 e. The summed E-state index contributed by atoms with van der Waals surface area (Å²) in [6, 6.07) is 1.84. The van der Waals surface area contributed by atoms with Crippen LogP contribution >= 0.6 is 0 Å². The van der Waals surface area contributed by atoms with Gasteiger partial charge in [0.15, 0.2) is 0 Å². The number of nitrogens with one attached hydrogen (secondary N) is 1. The lowest BCUT2D eigenvalue weighted by molar-refractivity contribution is -0.116. The SMILES string of the molecule is CCCCN(CC(N)=O)c1cc(NCC)ncn1. The Morgan fingerprint density at radius 2 is 2.22 bits per heavy atom. The van der Waals surface area contributed by atoms with E-state index in [1.54, 1.807) is 0 Å². The zero-order valence-electron chi connectivity index (χ0n) is 11.0. The Morgan fingerprint density at radius 3 is 2.83 bits per heavy atom. The molecule has 100 valence electrons. The van der Waals surface area contributed by atoms with Crippen molar-refractivity contribution in [2.45, 2.75) is 26.7 Å². The largest absolute Gasteiger partial charge is 0.370 e. The van der Waals surface area contributed by atoms with Crippen LogP contribution in [0, 0.1) is 0 Å². The van der Waals surface area contributed by atoms with E-state index in [0.29, 0.717) is 0 Å². The molecule has 0 saturated heterocycles. The first-order valence-corrected chi connectivity index (χ1v) is 6.26. The first-order chi connectivity index (χ1) is 8.67. The van der Waals surface area contributed by atoms with Gasteiger partial charge in [0, 0.05) is 19.2 Å². The lowest BCUT2D eigenvalue weighted by Crippen LogP contribution is -2.35. The minimum atomic E-state index is -0.352. The van der Waals surface area contributed by atoms with E-state index < -0.39 is 0 Å². The molecular formula is C12H21N5O. The van der Waals surface area contributed by atoms with Gasteiger partial charge < -0.3 is 16.0 Å². The van der Waals surface area contributed by atoms with Crippen LogP contribution in [0.5, 0.6) is 0 Å². The Morgan fingerprint density at radius 1 is 1.44 bits per heavy atom. The van der Waals surface area contributed by atoms with Crippen molar-refractivity contribution in [2.75, 3.05) is 29.9 Å². The van der Waals surface area contributed by atoms with E-state index in [4.69, 9.17) is 5.73 Å². The van der Waals surface area contributed by atoms with Crippen molar-refractivity contribution in [3.63, 3.8) is 0 Å². The number of unbranched alkanes of at least 4 members (excludes halogenated alkanes) is 1. The number of carbonyl (C=O) groups excluding carboxylic acids is 1. The summed E-state index contributed by atoms with van der Waals surface area (Å²) in [5.41, 5.74) is 5.26. The molecule has 6 heteroatoms. The predicted molar refractivity (Wildman–Crippen MR) is 72.5 cm³/mol. The molecule has 3 N–H and O–H groups in total. The highest BCUT2D eigenvalue weighted by Gasteiger charge is 2.11. The molecule has 0 bridgehead atoms. The van der Waals surface area contributed by atoms with E-state index >= 15 is 0 Å². The van der Waals surface area contributed by atoms with Gasteiger partial charge >= 0.3 is 0 Å². The van der Waals surface area contributed by atoms with Crippen molar-refractivity contribution in [2.24, 2.45) is 5.73 Å². The molecule has 0 atom stereocenters. The minimum absolute atomic E-state index is 0.183. The van der Waals surface area contributed by atoms with Crippen molar-refractivity contribution in [3.05, 3.63) is 12.4 Å². The molecule has 18 heavy (non-hydrogen) atoms. The van der Waals surface area contributed by atoms with Crippen LogP contribution < -0.4 is 16.0 Å². The average Bonchev–Trinajstić information content (AvgIpc) is 2.35. The van der Waals surface area contributed by atoms with Gasteiger partial charge in [0.25, 0.3) is 0 Å². The Kier molecular flexibility index (Phi) is 5.90. The molecule has 1 rings (SSSR count). The minimum Gasteiger partial charge on any atom is -0.370 e. The summed E-state index contributed by atoms with van der Waals surface area (Å²) in [6.45, 7) is 5.85. The normalized spacial score (nSPS) is 10.1. The third-order valence-electron chi connectivity index (χ3n) is 2.46. The van der Waals surface area contributed by atoms with Gasteiger partial charge in [0.1, 0.15) is 18.0 Å². The standard InChI is InChI=1S/C12H21N5O/c1-3-5-6-17(8-10(13)18)12-7-11(14-4-2)15-9-16-12/h7,9H,3-6,8H2,1-2H3,(H2,13,18)(H,14,15,16). The molecule has 0 aliphatic rings. The highest BCUT2D eigenvalue weighted by atomic mass is 16.1. The third kappa shape index (κ3) is 4.57. The smallest absolute Gasteiger partial charge is 0.236 e. The van der Waals surface area contributed by atoms with E-state index in [1.807, 2.05) is 17.9 Å². The maximum atomic E-state index is 11.1. The molecule has 0 unspecified atom stereocenters. The summed E-state index contributed by atoms with van der Waals surface area (Å²) < 4.78 is 0. The molecule has 0 saturated carbocycles. The van der Waals surface area contributed by atoms with Gasteiger partial charge in [-0.15, -0.1) is 0 Å². The summed E-state index contributed by atoms with van der Waals surface area (Å²) >= 11 is 0. The molecule has 0 aliphatic heterocycles. The number of nitrogens with zero attached hydrogens (tertiary/aromatic N) is 3. The molecule has 0 spiro atoms. The first kappa shape index (κ1) is 14.2. The monoisotopic (exact) mass is 251 g/mol. The summed E-state index contributed by atoms with van der Waals surface area (Å²) in [4.78, 5) is 21.3. The molecule has 0 aliphatic carbocycles. The van der Waals surface area contributed by atoms with E-state index in [2.05, 4.69) is 22.2 Å². The lowest BCUT2D eigenvalue weighted by atomic mass is 10.3. The maximum absolute atomic E-state index is 11.1. The number of rotatable bonds is 8. The molecule has 0 radical (unpaired) electrons. The fourth-order valence-corrected chi connectivity index (χ4v) is 1.61. The van der Waals surface area contributed by atoms with Crippen molar-refractivity contribution in [1.29, 1.82) is 0 Å². The second-order valence-electron chi connectivity index (χ2n) is 4.03. The number of primary amides is 1. The van der Waals surface area contributed by atoms with E-state index in [1.165, 1.54) is 6.33 Å². The van der Waals surface area contributed by atoms with Crippen LogP contribution in [0.3, 0.4) is 0 Å². The molecule has 1 aromatic rings. The molecule has 6 nitrogen and oxygen atoms in total. The summed E-state index contributed by atoms with van der Waals surface area (Å²) in [6.07, 6.45) is 3.54. The molecule has 0 aromatic carbocycles. The number of hydrogen-bond acceptors (Lipinski definition) is 5. The van der Waals surface area contributed by atoms with Gasteiger partial charge in [-0.1, -0.05) is 13.3 Å². The van der Waals surface area contributed by atoms with Crippen LogP contribution in [0.25, 0.3) is 0 Å². The second-order valence-corrected chi connectivity index (χ2v) is 4.03. The van der Waals surface area contributed by atoms with Crippen LogP contribution in [-0.4, -0.2) is 35.5 Å². The van der Waals surface area contributed by atoms with Crippen LogP contribution in [0.1, 0.15) is 26.7 Å². The van der Waals surface area contributed by atoms with Gasteiger partial charge in [-0.3, -0.25) is 4.79 Å². The number of nitrogens with two attached hydrogens (primary N) is 1. The van der Waals surface area contributed by atoms with Crippen LogP contribution in [-0.2, 0) is 4.79 Å². The number of carbonyl (C=O) groups is 1. The third-order valence-corrected chi connectivity index (χ3v) is 2.46. The molecule has 1 heterocycles. The Balaban J connectivity index is 2.81. The van der Waals surface area contributed by atoms with E-state index in [-0.39, 0.29) is 12.5 Å². The fourth-order valence-electron chi connectivity index (χ4n) is 1.61. The summed E-state index contributed by atoms with van der Waals surface area (Å²) in [5.74, 6) is 1.14. The Hall–Kier alpha value is -1.85. The summed E-state index contributed by atoms with van der Waals surface area (Å²) in [5, 5.41) is 3.12. The molecule has 1 aromatic heterocycles. The number of hydrogen-bond donors (Lipinski definition) is 2. The zero-order valence-corrected chi connectivity index (χ0v) is 11.0. The molecule has 0 fully saturated rings. The van der Waals surface area contributed by atoms with Crippen LogP contribution in [0.4, 0.5) is 11.6 Å². The lowest BCUT2D eigenvalue weighted by Gasteiger charge is -2.22.